The summed E-state index contributed by atoms with van der Waals surface area (Å²) in [6.45, 7) is 0.334. The molecule has 0 saturated heterocycles. The molecule has 0 aliphatic heterocycles. The fourth-order valence-corrected chi connectivity index (χ4v) is 4.27. The number of amides is 1. The van der Waals surface area contributed by atoms with Gasteiger partial charge in [0.1, 0.15) is 12.7 Å². The molecule has 1 aliphatic carbocycles. The fraction of sp³-hybridized carbons (Fsp3) is 0.308. The molecule has 8 heteroatoms. The lowest BCUT2D eigenvalue weighted by atomic mass is 9.98. The number of nitrogens with one attached hydrogen (secondary N) is 1. The van der Waals surface area contributed by atoms with Gasteiger partial charge in [0.15, 0.2) is 0 Å². The molecule has 3 aromatic rings. The fourth-order valence-electron chi connectivity index (χ4n) is 4.27. The van der Waals surface area contributed by atoms with Crippen LogP contribution < -0.4 is 14.8 Å². The summed E-state index contributed by atoms with van der Waals surface area (Å²) >= 11 is 0. The average molecular weight is 465 g/mol. The summed E-state index contributed by atoms with van der Waals surface area (Å²) in [4.78, 5) is 16.4. The van der Waals surface area contributed by atoms with Crippen LogP contribution in [0.15, 0.2) is 60.7 Å². The number of hydrogen-bond acceptors (Lipinski definition) is 7. The monoisotopic (exact) mass is 464 g/mol. The minimum atomic E-state index is -1.24. The van der Waals surface area contributed by atoms with Gasteiger partial charge in [0.2, 0.25) is 11.8 Å². The Balaban J connectivity index is 1.29. The van der Waals surface area contributed by atoms with Gasteiger partial charge in [-0.1, -0.05) is 48.5 Å². The number of alkyl carbamates (subject to hydrolysis) is 1. The van der Waals surface area contributed by atoms with E-state index in [1.54, 1.807) is 12.1 Å². The first-order chi connectivity index (χ1) is 16.5. The quantitative estimate of drug-likeness (QED) is 0.445. The Morgan fingerprint density at radius 2 is 1.62 bits per heavy atom. The van der Waals surface area contributed by atoms with Crippen LogP contribution in [-0.2, 0) is 4.74 Å². The number of ether oxygens (including phenoxy) is 3. The van der Waals surface area contributed by atoms with Crippen molar-refractivity contribution in [3.8, 4) is 22.9 Å². The molecule has 8 nitrogen and oxygen atoms in total. The van der Waals surface area contributed by atoms with Crippen LogP contribution >= 0.6 is 0 Å². The number of hydrogen-bond donors (Lipinski definition) is 3. The highest BCUT2D eigenvalue weighted by atomic mass is 16.5. The van der Waals surface area contributed by atoms with Crippen molar-refractivity contribution in [2.75, 3.05) is 27.4 Å². The lowest BCUT2D eigenvalue weighted by molar-refractivity contribution is 0.0119. The van der Waals surface area contributed by atoms with E-state index in [0.717, 1.165) is 22.3 Å². The van der Waals surface area contributed by atoms with Gasteiger partial charge in [-0.25, -0.2) is 4.79 Å². The smallest absolute Gasteiger partial charge is 0.407 e. The number of benzene rings is 2. The van der Waals surface area contributed by atoms with Crippen molar-refractivity contribution in [3.63, 3.8) is 0 Å². The number of fused-ring (bicyclic) bond motifs is 3. The Bertz CT molecular complexity index is 1110. The van der Waals surface area contributed by atoms with Crippen molar-refractivity contribution in [2.45, 2.75) is 24.5 Å². The highest BCUT2D eigenvalue weighted by molar-refractivity contribution is 5.79. The first-order valence-electron chi connectivity index (χ1n) is 11.1. The van der Waals surface area contributed by atoms with Crippen LogP contribution in [0.25, 0.3) is 11.1 Å². The lowest BCUT2D eigenvalue weighted by Crippen LogP contribution is -2.30. The summed E-state index contributed by atoms with van der Waals surface area (Å²) in [5.41, 5.74) is 4.92. The summed E-state index contributed by atoms with van der Waals surface area (Å²) in [7, 11) is 2.89. The Morgan fingerprint density at radius 1 is 0.971 bits per heavy atom. The van der Waals surface area contributed by atoms with Crippen LogP contribution in [0.4, 0.5) is 4.79 Å². The molecular weight excluding hydrogens is 436 g/mol. The van der Waals surface area contributed by atoms with Crippen molar-refractivity contribution >= 4 is 6.09 Å². The summed E-state index contributed by atoms with van der Waals surface area (Å²) in [6, 6.07) is 19.4. The van der Waals surface area contributed by atoms with Gasteiger partial charge in [-0.3, -0.25) is 0 Å². The molecule has 34 heavy (non-hydrogen) atoms. The van der Waals surface area contributed by atoms with Crippen molar-refractivity contribution in [3.05, 3.63) is 77.4 Å². The zero-order valence-electron chi connectivity index (χ0n) is 19.1. The molecule has 0 spiro atoms. The minimum Gasteiger partial charge on any atom is -0.481 e. The number of pyridine rings is 1. The number of aliphatic hydroxyl groups excluding tert-OH is 2. The molecule has 1 aliphatic rings. The topological polar surface area (TPSA) is 110 Å². The summed E-state index contributed by atoms with van der Waals surface area (Å²) < 4.78 is 15.7. The van der Waals surface area contributed by atoms with E-state index >= 15 is 0 Å². The molecular formula is C26H28N2O6. The molecule has 1 heterocycles. The summed E-state index contributed by atoms with van der Waals surface area (Å²) in [5, 5.41) is 23.5. The predicted molar refractivity (Wildman–Crippen MR) is 126 cm³/mol. The van der Waals surface area contributed by atoms with E-state index < -0.39 is 18.3 Å². The molecule has 0 saturated carbocycles. The van der Waals surface area contributed by atoms with E-state index in [-0.39, 0.29) is 31.4 Å². The maximum Gasteiger partial charge on any atom is 0.407 e. The molecule has 1 aromatic heterocycles. The van der Waals surface area contributed by atoms with E-state index in [0.29, 0.717) is 11.4 Å². The first kappa shape index (κ1) is 23.5. The van der Waals surface area contributed by atoms with Crippen molar-refractivity contribution in [1.29, 1.82) is 0 Å². The number of aliphatic hydroxyl groups is 2. The van der Waals surface area contributed by atoms with Crippen LogP contribution in [-0.4, -0.2) is 54.8 Å². The van der Waals surface area contributed by atoms with E-state index in [4.69, 9.17) is 14.2 Å². The van der Waals surface area contributed by atoms with Gasteiger partial charge in [-0.15, -0.1) is 0 Å². The maximum atomic E-state index is 12.3. The van der Waals surface area contributed by atoms with Gasteiger partial charge in [-0.05, 0) is 34.7 Å². The lowest BCUT2D eigenvalue weighted by Gasteiger charge is -2.20. The van der Waals surface area contributed by atoms with Crippen molar-refractivity contribution in [1.82, 2.24) is 10.3 Å². The number of carbonyl (C=O) groups excluding carboxylic acids is 1. The zero-order chi connectivity index (χ0) is 24.1. The number of aromatic nitrogens is 1. The predicted octanol–water partition coefficient (Wildman–Crippen LogP) is 3.42. The van der Waals surface area contributed by atoms with Gasteiger partial charge < -0.3 is 29.7 Å². The van der Waals surface area contributed by atoms with Crippen LogP contribution in [0.2, 0.25) is 0 Å². The maximum absolute atomic E-state index is 12.3. The molecule has 0 radical (unpaired) electrons. The zero-order valence-corrected chi connectivity index (χ0v) is 19.1. The summed E-state index contributed by atoms with van der Waals surface area (Å²) in [6.07, 6.45) is -2.84. The van der Waals surface area contributed by atoms with Crippen LogP contribution in [0.5, 0.6) is 11.8 Å². The Kier molecular flexibility index (Phi) is 7.30. The molecule has 178 valence electrons. The number of carbonyl (C=O) groups is 1. The van der Waals surface area contributed by atoms with E-state index in [2.05, 4.69) is 34.6 Å². The van der Waals surface area contributed by atoms with Crippen molar-refractivity contribution < 1.29 is 29.2 Å². The van der Waals surface area contributed by atoms with Gasteiger partial charge in [0, 0.05) is 24.1 Å². The van der Waals surface area contributed by atoms with E-state index in [9.17, 15) is 15.0 Å². The average Bonchev–Trinajstić information content (AvgIpc) is 3.20. The summed E-state index contributed by atoms with van der Waals surface area (Å²) in [5.74, 6) is 0.468. The standard InChI is InChI=1S/C26H28N2O6/c1-32-23-12-11-20(25(28-23)33-2)24(30)22(29)13-14-27-26(31)34-15-21-18-9-5-3-7-16(18)17-8-4-6-10-19(17)21/h3-12,21-22,24,29-30H,13-15H2,1-2H3,(H,27,31). The SMILES string of the molecule is COc1ccc(C(O)C(O)CCNC(=O)OCC2c3ccccc3-c3ccccc32)c(OC)n1. The van der Waals surface area contributed by atoms with Crippen LogP contribution in [0, 0.1) is 0 Å². The molecule has 4 rings (SSSR count). The second kappa shape index (κ2) is 10.5. The van der Waals surface area contributed by atoms with Gasteiger partial charge >= 0.3 is 6.09 Å². The molecule has 2 aromatic carbocycles. The minimum absolute atomic E-state index is 0.0272. The third-order valence-electron chi connectivity index (χ3n) is 6.00. The van der Waals surface area contributed by atoms with E-state index in [1.807, 2.05) is 24.3 Å². The highest BCUT2D eigenvalue weighted by Crippen LogP contribution is 2.44. The van der Waals surface area contributed by atoms with Crippen molar-refractivity contribution in [2.24, 2.45) is 0 Å². The van der Waals surface area contributed by atoms with Gasteiger partial charge in [-0.2, -0.15) is 4.98 Å². The molecule has 3 N–H and O–H groups in total. The van der Waals surface area contributed by atoms with Gasteiger partial charge in [0.25, 0.3) is 0 Å². The van der Waals surface area contributed by atoms with Gasteiger partial charge in [0.05, 0.1) is 20.3 Å². The Hall–Kier alpha value is -3.62. The number of nitrogens with zero attached hydrogens (tertiary/aromatic N) is 1. The molecule has 0 bridgehead atoms. The molecule has 1 amide bonds. The Labute approximate surface area is 198 Å². The number of rotatable bonds is 9. The molecule has 0 fully saturated rings. The molecule has 2 unspecified atom stereocenters. The van der Waals surface area contributed by atoms with Crippen LogP contribution in [0.1, 0.15) is 35.1 Å². The van der Waals surface area contributed by atoms with Crippen LogP contribution in [0.3, 0.4) is 0 Å². The third kappa shape index (κ3) is 4.83. The second-order valence-electron chi connectivity index (χ2n) is 8.01. The second-order valence-corrected chi connectivity index (χ2v) is 8.01. The molecule has 2 atom stereocenters. The normalized spacial score (nSPS) is 14.0. The third-order valence-corrected chi connectivity index (χ3v) is 6.00. The number of methoxy groups -OCH3 is 2. The van der Waals surface area contributed by atoms with E-state index in [1.165, 1.54) is 14.2 Å². The largest absolute Gasteiger partial charge is 0.481 e. The Morgan fingerprint density at radius 3 is 2.24 bits per heavy atom. The highest BCUT2D eigenvalue weighted by Gasteiger charge is 2.29. The first-order valence-corrected chi connectivity index (χ1v) is 11.1.